The van der Waals surface area contributed by atoms with Gasteiger partial charge in [-0.05, 0) is 30.6 Å². The first-order valence-corrected chi connectivity index (χ1v) is 11.7. The summed E-state index contributed by atoms with van der Waals surface area (Å²) in [6, 6.07) is 10.5. The van der Waals surface area contributed by atoms with Gasteiger partial charge in [0, 0.05) is 47.2 Å². The van der Waals surface area contributed by atoms with Crippen LogP contribution in [-0.4, -0.2) is 46.6 Å². The van der Waals surface area contributed by atoms with E-state index in [2.05, 4.69) is 34.3 Å². The molecular weight excluding hydrogens is 350 g/mol. The topological polar surface area (TPSA) is 53.5 Å². The van der Waals surface area contributed by atoms with Gasteiger partial charge in [-0.3, -0.25) is 9.20 Å². The zero-order valence-corrected chi connectivity index (χ0v) is 17.0. The molecule has 2 rings (SSSR count). The van der Waals surface area contributed by atoms with Crippen molar-refractivity contribution in [2.24, 2.45) is 4.99 Å². The molecule has 1 aromatic rings. The summed E-state index contributed by atoms with van der Waals surface area (Å²) in [6.07, 6.45) is 5.04. The molecule has 1 saturated carbocycles. The summed E-state index contributed by atoms with van der Waals surface area (Å²) >= 11 is 2.07. The lowest BCUT2D eigenvalue weighted by molar-refractivity contribution is 0.419. The molecule has 0 aliphatic heterocycles. The maximum absolute atomic E-state index is 12.2. The molecule has 6 heteroatoms. The van der Waals surface area contributed by atoms with Gasteiger partial charge in [-0.1, -0.05) is 43.7 Å². The van der Waals surface area contributed by atoms with E-state index in [1.165, 1.54) is 31.4 Å². The summed E-state index contributed by atoms with van der Waals surface area (Å²) in [5.74, 6) is 3.28. The Labute approximate surface area is 159 Å². The number of hydrogen-bond acceptors (Lipinski definition) is 3. The van der Waals surface area contributed by atoms with Crippen molar-refractivity contribution in [1.29, 1.82) is 0 Å². The van der Waals surface area contributed by atoms with Gasteiger partial charge in [-0.15, -0.1) is 0 Å². The second-order valence-electron chi connectivity index (χ2n) is 6.36. The van der Waals surface area contributed by atoms with Crippen LogP contribution in [0.2, 0.25) is 0 Å². The number of benzene rings is 1. The Bertz CT molecular complexity index is 549. The molecule has 1 aromatic carbocycles. The molecule has 0 saturated heterocycles. The van der Waals surface area contributed by atoms with Crippen LogP contribution in [-0.2, 0) is 16.6 Å². The van der Waals surface area contributed by atoms with Crippen molar-refractivity contribution in [3.05, 3.63) is 35.9 Å². The molecular formula is C19H31N3OS2. The van der Waals surface area contributed by atoms with Crippen molar-refractivity contribution in [3.63, 3.8) is 0 Å². The van der Waals surface area contributed by atoms with Crippen LogP contribution in [0.1, 0.15) is 38.2 Å². The smallest absolute Gasteiger partial charge is 0.191 e. The van der Waals surface area contributed by atoms with Gasteiger partial charge >= 0.3 is 0 Å². The van der Waals surface area contributed by atoms with Crippen molar-refractivity contribution in [3.8, 4) is 0 Å². The maximum Gasteiger partial charge on any atom is 0.191 e. The standard InChI is InChI=1S/C19H31N3OS2/c1-3-24-18-11-7-10-17(14-18)22-19(20-2)21-12-13-25(23)15-16-8-5-4-6-9-16/h4-6,8-9,17-18H,3,7,10-15H2,1-2H3,(H2,20,21,22). The van der Waals surface area contributed by atoms with Crippen LogP contribution < -0.4 is 10.6 Å². The lowest BCUT2D eigenvalue weighted by Gasteiger charge is -2.30. The van der Waals surface area contributed by atoms with Crippen LogP contribution >= 0.6 is 11.8 Å². The molecule has 4 nitrogen and oxygen atoms in total. The molecule has 0 amide bonds. The van der Waals surface area contributed by atoms with Crippen molar-refractivity contribution >= 4 is 28.5 Å². The zero-order valence-electron chi connectivity index (χ0n) is 15.4. The van der Waals surface area contributed by atoms with E-state index in [1.54, 1.807) is 7.05 Å². The van der Waals surface area contributed by atoms with E-state index in [1.807, 2.05) is 30.3 Å². The quantitative estimate of drug-likeness (QED) is 0.536. The summed E-state index contributed by atoms with van der Waals surface area (Å²) in [5.41, 5.74) is 1.13. The minimum Gasteiger partial charge on any atom is -0.355 e. The van der Waals surface area contributed by atoms with Crippen LogP contribution in [0.15, 0.2) is 35.3 Å². The molecule has 3 unspecified atom stereocenters. The number of nitrogens with zero attached hydrogens (tertiary/aromatic N) is 1. The Balaban J connectivity index is 1.68. The number of nitrogens with one attached hydrogen (secondary N) is 2. The molecule has 0 spiro atoms. The third kappa shape index (κ3) is 7.82. The van der Waals surface area contributed by atoms with Gasteiger partial charge in [0.25, 0.3) is 0 Å². The average Bonchev–Trinajstić information content (AvgIpc) is 2.62. The number of aliphatic imine (C=N–C) groups is 1. The molecule has 140 valence electrons. The first-order chi connectivity index (χ1) is 12.2. The molecule has 0 radical (unpaired) electrons. The van der Waals surface area contributed by atoms with Gasteiger partial charge in [0.1, 0.15) is 0 Å². The Hall–Kier alpha value is -1.01. The number of thioether (sulfide) groups is 1. The van der Waals surface area contributed by atoms with E-state index < -0.39 is 10.8 Å². The highest BCUT2D eigenvalue weighted by molar-refractivity contribution is 7.99. The molecule has 0 heterocycles. The van der Waals surface area contributed by atoms with Gasteiger partial charge in [0.05, 0.1) is 0 Å². The number of guanidine groups is 1. The van der Waals surface area contributed by atoms with E-state index in [0.717, 1.165) is 16.8 Å². The van der Waals surface area contributed by atoms with E-state index in [-0.39, 0.29) is 0 Å². The third-order valence-corrected chi connectivity index (χ3v) is 6.93. The highest BCUT2D eigenvalue weighted by Gasteiger charge is 2.22. The molecule has 2 N–H and O–H groups in total. The normalized spacial score (nSPS) is 22.4. The van der Waals surface area contributed by atoms with E-state index in [9.17, 15) is 4.21 Å². The average molecular weight is 382 g/mol. The Morgan fingerprint density at radius 2 is 2.12 bits per heavy atom. The van der Waals surface area contributed by atoms with Gasteiger partial charge in [-0.25, -0.2) is 0 Å². The Morgan fingerprint density at radius 3 is 2.84 bits per heavy atom. The lowest BCUT2D eigenvalue weighted by atomic mass is 9.95. The van der Waals surface area contributed by atoms with Gasteiger partial charge in [0.2, 0.25) is 0 Å². The number of rotatable bonds is 8. The van der Waals surface area contributed by atoms with Gasteiger partial charge in [0.15, 0.2) is 5.96 Å². The van der Waals surface area contributed by atoms with Crippen molar-refractivity contribution in [2.75, 3.05) is 25.1 Å². The lowest BCUT2D eigenvalue weighted by Crippen LogP contribution is -2.46. The fourth-order valence-corrected chi connectivity index (χ4v) is 5.38. The summed E-state index contributed by atoms with van der Waals surface area (Å²) in [6.45, 7) is 2.91. The summed E-state index contributed by atoms with van der Waals surface area (Å²) in [5, 5.41) is 7.63. The van der Waals surface area contributed by atoms with Gasteiger partial charge in [-0.2, -0.15) is 11.8 Å². The second kappa shape index (κ2) is 11.6. The number of hydrogen-bond donors (Lipinski definition) is 2. The fraction of sp³-hybridized carbons (Fsp3) is 0.632. The highest BCUT2D eigenvalue weighted by atomic mass is 32.2. The predicted molar refractivity (Wildman–Crippen MR) is 112 cm³/mol. The van der Waals surface area contributed by atoms with Crippen molar-refractivity contribution in [2.45, 2.75) is 49.7 Å². The first-order valence-electron chi connectivity index (χ1n) is 9.19. The van der Waals surface area contributed by atoms with Crippen LogP contribution in [0, 0.1) is 0 Å². The van der Waals surface area contributed by atoms with E-state index in [0.29, 0.717) is 24.1 Å². The van der Waals surface area contributed by atoms with Crippen molar-refractivity contribution < 1.29 is 4.21 Å². The highest BCUT2D eigenvalue weighted by Crippen LogP contribution is 2.28. The molecule has 0 bridgehead atoms. The van der Waals surface area contributed by atoms with E-state index >= 15 is 0 Å². The minimum atomic E-state index is -0.853. The third-order valence-electron chi connectivity index (χ3n) is 4.39. The van der Waals surface area contributed by atoms with Gasteiger partial charge < -0.3 is 10.6 Å². The summed E-state index contributed by atoms with van der Waals surface area (Å²) in [4.78, 5) is 4.32. The Morgan fingerprint density at radius 1 is 1.32 bits per heavy atom. The maximum atomic E-state index is 12.2. The largest absolute Gasteiger partial charge is 0.355 e. The zero-order chi connectivity index (χ0) is 17.9. The van der Waals surface area contributed by atoms with Crippen LogP contribution in [0.5, 0.6) is 0 Å². The molecule has 1 aliphatic rings. The predicted octanol–water partition coefficient (Wildman–Crippen LogP) is 3.16. The molecule has 1 fully saturated rings. The fourth-order valence-electron chi connectivity index (χ4n) is 3.17. The molecule has 0 aromatic heterocycles. The first kappa shape index (κ1) is 20.3. The molecule has 25 heavy (non-hydrogen) atoms. The SMILES string of the molecule is CCSC1CCCC(NC(=NC)NCCS(=O)Cc2ccccc2)C1. The van der Waals surface area contributed by atoms with Crippen LogP contribution in [0.4, 0.5) is 0 Å². The second-order valence-corrected chi connectivity index (χ2v) is 9.51. The summed E-state index contributed by atoms with van der Waals surface area (Å²) < 4.78 is 12.2. The van der Waals surface area contributed by atoms with Crippen LogP contribution in [0.25, 0.3) is 0 Å². The monoisotopic (exact) mass is 381 g/mol. The Kier molecular flexibility index (Phi) is 9.40. The van der Waals surface area contributed by atoms with E-state index in [4.69, 9.17) is 0 Å². The molecule has 1 aliphatic carbocycles. The van der Waals surface area contributed by atoms with Crippen molar-refractivity contribution in [1.82, 2.24) is 10.6 Å². The summed E-state index contributed by atoms with van der Waals surface area (Å²) in [7, 11) is 0.950. The molecule has 3 atom stereocenters. The minimum absolute atomic E-state index is 0.499. The van der Waals surface area contributed by atoms with Crippen LogP contribution in [0.3, 0.4) is 0 Å².